The molecule has 2 heterocycles. The van der Waals surface area contributed by atoms with Crippen LogP contribution >= 0.6 is 0 Å². The summed E-state index contributed by atoms with van der Waals surface area (Å²) in [6.07, 6.45) is 2.89. The number of nitrogens with one attached hydrogen (secondary N) is 1. The summed E-state index contributed by atoms with van der Waals surface area (Å²) in [5, 5.41) is 3.40. The number of pyridine rings is 1. The Hall–Kier alpha value is -2.80. The molecule has 0 bridgehead atoms. The summed E-state index contributed by atoms with van der Waals surface area (Å²) in [5.74, 6) is 3.61. The Morgan fingerprint density at radius 2 is 2.00 bits per heavy atom. The summed E-state index contributed by atoms with van der Waals surface area (Å²) in [5.41, 5.74) is 1.05. The van der Waals surface area contributed by atoms with Crippen LogP contribution in [0.15, 0.2) is 47.6 Å². The molecule has 1 N–H and O–H groups in total. The summed E-state index contributed by atoms with van der Waals surface area (Å²) in [6, 6.07) is 11.4. The van der Waals surface area contributed by atoms with Gasteiger partial charge in [-0.3, -0.25) is 0 Å². The van der Waals surface area contributed by atoms with E-state index in [0.717, 1.165) is 55.7 Å². The zero-order valence-corrected chi connectivity index (χ0v) is 18.1. The van der Waals surface area contributed by atoms with Crippen LogP contribution in [-0.2, 0) is 11.3 Å². The second-order valence-corrected chi connectivity index (χ2v) is 7.24. The van der Waals surface area contributed by atoms with Gasteiger partial charge in [0.2, 0.25) is 5.88 Å². The van der Waals surface area contributed by atoms with E-state index in [2.05, 4.69) is 22.1 Å². The van der Waals surface area contributed by atoms with Crippen molar-refractivity contribution in [3.63, 3.8) is 0 Å². The van der Waals surface area contributed by atoms with Crippen molar-refractivity contribution in [1.82, 2.24) is 15.2 Å². The molecule has 0 saturated carbocycles. The molecule has 7 heteroatoms. The molecule has 1 saturated heterocycles. The minimum Gasteiger partial charge on any atom is -0.494 e. The molecule has 1 unspecified atom stereocenters. The lowest BCUT2D eigenvalue weighted by atomic mass is 10.1. The van der Waals surface area contributed by atoms with E-state index in [1.807, 2.05) is 43.3 Å². The van der Waals surface area contributed by atoms with Crippen LogP contribution in [0.2, 0.25) is 0 Å². The predicted octanol–water partition coefficient (Wildman–Crippen LogP) is 3.71. The zero-order valence-electron chi connectivity index (χ0n) is 18.1. The fourth-order valence-electron chi connectivity index (χ4n) is 3.48. The molecule has 3 rings (SSSR count). The lowest BCUT2D eigenvalue weighted by Crippen LogP contribution is -2.40. The molecule has 1 fully saturated rings. The molecule has 1 aromatic heterocycles. The standard InChI is InChI=1S/C23H32N4O3/c1-4-24-23(27-13-11-19(16-27)17-28-3)26-15-18-10-12-25-22(14-18)30-21-8-6-20(7-9-21)29-5-2/h6-10,12,14,19H,4-5,11,13,15-17H2,1-3H3,(H,24,26). The second kappa shape index (κ2) is 11.4. The summed E-state index contributed by atoms with van der Waals surface area (Å²) in [7, 11) is 1.76. The number of benzene rings is 1. The Labute approximate surface area is 179 Å². The minimum absolute atomic E-state index is 0.554. The first-order valence-corrected chi connectivity index (χ1v) is 10.6. The highest BCUT2D eigenvalue weighted by atomic mass is 16.5. The van der Waals surface area contributed by atoms with Gasteiger partial charge in [0, 0.05) is 44.9 Å². The van der Waals surface area contributed by atoms with Crippen LogP contribution in [0.25, 0.3) is 0 Å². The van der Waals surface area contributed by atoms with Gasteiger partial charge in [-0.2, -0.15) is 0 Å². The van der Waals surface area contributed by atoms with Gasteiger partial charge in [-0.05, 0) is 56.2 Å². The largest absolute Gasteiger partial charge is 0.494 e. The first-order chi connectivity index (χ1) is 14.7. The molecule has 0 amide bonds. The van der Waals surface area contributed by atoms with E-state index in [-0.39, 0.29) is 0 Å². The second-order valence-electron chi connectivity index (χ2n) is 7.24. The minimum atomic E-state index is 0.554. The van der Waals surface area contributed by atoms with Crippen molar-refractivity contribution in [3.8, 4) is 17.4 Å². The molecule has 0 radical (unpaired) electrons. The van der Waals surface area contributed by atoms with Crippen LogP contribution in [0.4, 0.5) is 0 Å². The van der Waals surface area contributed by atoms with E-state index in [9.17, 15) is 0 Å². The van der Waals surface area contributed by atoms with E-state index in [4.69, 9.17) is 19.2 Å². The number of aromatic nitrogens is 1. The first kappa shape index (κ1) is 21.9. The molecule has 0 spiro atoms. The highest BCUT2D eigenvalue weighted by molar-refractivity contribution is 5.80. The van der Waals surface area contributed by atoms with Crippen molar-refractivity contribution in [2.45, 2.75) is 26.8 Å². The van der Waals surface area contributed by atoms with E-state index >= 15 is 0 Å². The summed E-state index contributed by atoms with van der Waals surface area (Å²) >= 11 is 0. The molecule has 1 aliphatic rings. The van der Waals surface area contributed by atoms with E-state index < -0.39 is 0 Å². The number of nitrogens with zero attached hydrogens (tertiary/aromatic N) is 3. The van der Waals surface area contributed by atoms with Crippen LogP contribution in [-0.4, -0.2) is 55.8 Å². The number of guanidine groups is 1. The van der Waals surface area contributed by atoms with Gasteiger partial charge in [0.15, 0.2) is 5.96 Å². The number of methoxy groups -OCH3 is 1. The Bertz CT molecular complexity index is 810. The van der Waals surface area contributed by atoms with Crippen LogP contribution in [0, 0.1) is 5.92 Å². The van der Waals surface area contributed by atoms with Gasteiger partial charge in [-0.15, -0.1) is 0 Å². The highest BCUT2D eigenvalue weighted by Gasteiger charge is 2.24. The van der Waals surface area contributed by atoms with Crippen molar-refractivity contribution in [1.29, 1.82) is 0 Å². The van der Waals surface area contributed by atoms with Gasteiger partial charge in [0.25, 0.3) is 0 Å². The lowest BCUT2D eigenvalue weighted by molar-refractivity contribution is 0.157. The van der Waals surface area contributed by atoms with Gasteiger partial charge < -0.3 is 24.4 Å². The lowest BCUT2D eigenvalue weighted by Gasteiger charge is -2.21. The van der Waals surface area contributed by atoms with Gasteiger partial charge >= 0.3 is 0 Å². The molecular weight excluding hydrogens is 380 g/mol. The first-order valence-electron chi connectivity index (χ1n) is 10.6. The van der Waals surface area contributed by atoms with Crippen molar-refractivity contribution in [2.24, 2.45) is 10.9 Å². The Balaban J connectivity index is 1.62. The van der Waals surface area contributed by atoms with E-state index in [1.54, 1.807) is 13.3 Å². The van der Waals surface area contributed by atoms with Crippen LogP contribution in [0.1, 0.15) is 25.8 Å². The van der Waals surface area contributed by atoms with Crippen molar-refractivity contribution < 1.29 is 14.2 Å². The van der Waals surface area contributed by atoms with Crippen molar-refractivity contribution in [2.75, 3.05) is 40.0 Å². The average molecular weight is 413 g/mol. The van der Waals surface area contributed by atoms with Crippen LogP contribution in [0.3, 0.4) is 0 Å². The Morgan fingerprint density at radius 1 is 1.20 bits per heavy atom. The van der Waals surface area contributed by atoms with Crippen molar-refractivity contribution in [3.05, 3.63) is 48.2 Å². The maximum Gasteiger partial charge on any atom is 0.219 e. The molecular formula is C23H32N4O3. The maximum atomic E-state index is 5.89. The summed E-state index contributed by atoms with van der Waals surface area (Å²) in [4.78, 5) is 11.5. The van der Waals surface area contributed by atoms with Gasteiger partial charge in [-0.25, -0.2) is 9.98 Å². The van der Waals surface area contributed by atoms with E-state index in [0.29, 0.717) is 24.9 Å². The number of likely N-dealkylation sites (tertiary alicyclic amines) is 1. The fourth-order valence-corrected chi connectivity index (χ4v) is 3.48. The zero-order chi connectivity index (χ0) is 21.2. The van der Waals surface area contributed by atoms with Gasteiger partial charge in [-0.1, -0.05) is 0 Å². The Kier molecular flexibility index (Phi) is 8.32. The average Bonchev–Trinajstić information content (AvgIpc) is 3.22. The number of rotatable bonds is 9. The van der Waals surface area contributed by atoms with Gasteiger partial charge in [0.05, 0.1) is 19.8 Å². The SMILES string of the molecule is CCNC(=NCc1ccnc(Oc2ccc(OCC)cc2)c1)N1CCC(COC)C1. The van der Waals surface area contributed by atoms with Gasteiger partial charge in [0.1, 0.15) is 11.5 Å². The quantitative estimate of drug-likeness (QED) is 0.500. The third-order valence-corrected chi connectivity index (χ3v) is 4.89. The van der Waals surface area contributed by atoms with Crippen molar-refractivity contribution >= 4 is 5.96 Å². The van der Waals surface area contributed by atoms with Crippen LogP contribution < -0.4 is 14.8 Å². The number of ether oxygens (including phenoxy) is 3. The summed E-state index contributed by atoms with van der Waals surface area (Å²) in [6.45, 7) is 8.88. The smallest absolute Gasteiger partial charge is 0.219 e. The molecule has 1 aliphatic heterocycles. The number of hydrogen-bond acceptors (Lipinski definition) is 5. The molecule has 0 aliphatic carbocycles. The molecule has 30 heavy (non-hydrogen) atoms. The van der Waals surface area contributed by atoms with Crippen LogP contribution in [0.5, 0.6) is 17.4 Å². The monoisotopic (exact) mass is 412 g/mol. The normalized spacial score (nSPS) is 16.6. The number of aliphatic imine (C=N–C) groups is 1. The molecule has 1 aromatic carbocycles. The maximum absolute atomic E-state index is 5.89. The van der Waals surface area contributed by atoms with E-state index in [1.165, 1.54) is 0 Å². The molecule has 1 atom stereocenters. The fraction of sp³-hybridized carbons (Fsp3) is 0.478. The molecule has 2 aromatic rings. The summed E-state index contributed by atoms with van der Waals surface area (Å²) < 4.78 is 16.7. The Morgan fingerprint density at radius 3 is 2.73 bits per heavy atom. The molecule has 162 valence electrons. The number of hydrogen-bond donors (Lipinski definition) is 1. The highest BCUT2D eigenvalue weighted by Crippen LogP contribution is 2.23. The topological polar surface area (TPSA) is 68.2 Å². The third kappa shape index (κ3) is 6.35. The molecule has 7 nitrogen and oxygen atoms in total. The third-order valence-electron chi connectivity index (χ3n) is 4.89. The predicted molar refractivity (Wildman–Crippen MR) is 118 cm³/mol.